The van der Waals surface area contributed by atoms with Gasteiger partial charge in [0, 0.05) is 4.83 Å². The zero-order valence-corrected chi connectivity index (χ0v) is 20.8. The van der Waals surface area contributed by atoms with Crippen LogP contribution in [-0.2, 0) is 6.42 Å². The summed E-state index contributed by atoms with van der Waals surface area (Å²) in [4.78, 5) is 11.9. The largest absolute Gasteiger partial charge is 0.478 e. The predicted molar refractivity (Wildman–Crippen MR) is 131 cm³/mol. The first-order valence-corrected chi connectivity index (χ1v) is 12.3. The molecule has 4 heteroatoms. The second kappa shape index (κ2) is 10.2. The average molecular weight is 487 g/mol. The molecular weight excluding hydrogens is 452 g/mol. The van der Waals surface area contributed by atoms with Gasteiger partial charge >= 0.3 is 5.97 Å². The van der Waals surface area contributed by atoms with Crippen molar-refractivity contribution >= 4 is 21.9 Å². The molecule has 31 heavy (non-hydrogen) atoms. The second-order valence-electron chi connectivity index (χ2n) is 9.62. The fraction of sp³-hybridized carbons (Fsp3) is 0.519. The molecule has 168 valence electrons. The molecule has 1 fully saturated rings. The van der Waals surface area contributed by atoms with Crippen molar-refractivity contribution in [2.75, 3.05) is 0 Å². The molecule has 3 rings (SSSR count). The number of hydrogen-bond donors (Lipinski definition) is 1. The Labute approximate surface area is 195 Å². The van der Waals surface area contributed by atoms with Gasteiger partial charge < -0.3 is 9.84 Å². The minimum atomic E-state index is -0.890. The molecule has 1 aromatic carbocycles. The van der Waals surface area contributed by atoms with Gasteiger partial charge in [0.2, 0.25) is 0 Å². The van der Waals surface area contributed by atoms with E-state index in [1.165, 1.54) is 16.7 Å². The van der Waals surface area contributed by atoms with Crippen LogP contribution in [0.2, 0.25) is 0 Å². The molecule has 1 saturated carbocycles. The van der Waals surface area contributed by atoms with Gasteiger partial charge in [0.15, 0.2) is 0 Å². The van der Waals surface area contributed by atoms with Gasteiger partial charge in [-0.05, 0) is 106 Å². The van der Waals surface area contributed by atoms with Crippen molar-refractivity contribution in [3.05, 3.63) is 64.5 Å². The normalized spacial score (nSPS) is 25.5. The lowest BCUT2D eigenvalue weighted by Crippen LogP contribution is -2.41. The van der Waals surface area contributed by atoms with Gasteiger partial charge in [-0.2, -0.15) is 0 Å². The van der Waals surface area contributed by atoms with E-state index < -0.39 is 5.97 Å². The Morgan fingerprint density at radius 2 is 2.03 bits per heavy atom. The van der Waals surface area contributed by atoms with E-state index >= 15 is 0 Å². The number of fused-ring (bicyclic) bond motifs is 2. The maximum absolute atomic E-state index is 11.5. The average Bonchev–Trinajstić information content (AvgIpc) is 2.90. The molecular formula is C27H35BrO3. The Balaban J connectivity index is 1.78. The molecule has 1 N–H and O–H groups in total. The quantitative estimate of drug-likeness (QED) is 0.315. The predicted octanol–water partition coefficient (Wildman–Crippen LogP) is 7.86. The molecule has 0 amide bonds. The summed E-state index contributed by atoms with van der Waals surface area (Å²) in [5.74, 6) is 0.240. The number of ether oxygens (including phenoxy) is 1. The van der Waals surface area contributed by atoms with Crippen molar-refractivity contribution in [3.8, 4) is 5.75 Å². The number of halogens is 1. The van der Waals surface area contributed by atoms with E-state index in [0.29, 0.717) is 16.3 Å². The standard InChI is InChI=1S/C27H35BrO3/c1-18(2)7-5-8-19(3)9-6-14-27(4)23-16-22-15-20(26(29)30)10-12-24(22)31-17-21(23)11-13-25(27)28/h7,9-10,12,15,17,23,25H,5-6,8,11,13-14,16H2,1-4H3,(H,29,30)/t23-,25+,27+/m1/s1. The maximum Gasteiger partial charge on any atom is 0.335 e. The van der Waals surface area contributed by atoms with Crippen molar-refractivity contribution in [2.24, 2.45) is 11.3 Å². The van der Waals surface area contributed by atoms with Crippen molar-refractivity contribution in [3.63, 3.8) is 0 Å². The van der Waals surface area contributed by atoms with Gasteiger partial charge in [-0.15, -0.1) is 0 Å². The lowest BCUT2D eigenvalue weighted by atomic mass is 9.61. The lowest BCUT2D eigenvalue weighted by Gasteiger charge is -2.46. The Bertz CT molecular complexity index is 907. The minimum absolute atomic E-state index is 0.0883. The van der Waals surface area contributed by atoms with Crippen molar-refractivity contribution in [1.29, 1.82) is 0 Å². The van der Waals surface area contributed by atoms with Gasteiger partial charge in [0.05, 0.1) is 11.8 Å². The van der Waals surface area contributed by atoms with Gasteiger partial charge in [0.1, 0.15) is 5.75 Å². The summed E-state index contributed by atoms with van der Waals surface area (Å²) in [6, 6.07) is 5.22. The zero-order valence-electron chi connectivity index (χ0n) is 19.2. The van der Waals surface area contributed by atoms with Gasteiger partial charge in [-0.3, -0.25) is 0 Å². The zero-order chi connectivity index (χ0) is 22.6. The lowest BCUT2D eigenvalue weighted by molar-refractivity contribution is 0.0696. The highest BCUT2D eigenvalue weighted by Crippen LogP contribution is 2.53. The number of carboxylic acids is 1. The number of aromatic carboxylic acids is 1. The van der Waals surface area contributed by atoms with E-state index in [1.54, 1.807) is 18.2 Å². The highest BCUT2D eigenvalue weighted by molar-refractivity contribution is 9.09. The van der Waals surface area contributed by atoms with Crippen molar-refractivity contribution in [2.45, 2.75) is 77.5 Å². The van der Waals surface area contributed by atoms with Gasteiger partial charge in [-0.25, -0.2) is 4.79 Å². The summed E-state index contributed by atoms with van der Waals surface area (Å²) < 4.78 is 6.00. The van der Waals surface area contributed by atoms with E-state index in [2.05, 4.69) is 55.8 Å². The summed E-state index contributed by atoms with van der Waals surface area (Å²) in [7, 11) is 0. The van der Waals surface area contributed by atoms with Crippen LogP contribution in [0.5, 0.6) is 5.75 Å². The molecule has 0 unspecified atom stereocenters. The molecule has 1 heterocycles. The Morgan fingerprint density at radius 1 is 1.26 bits per heavy atom. The van der Waals surface area contributed by atoms with Crippen LogP contribution in [0.15, 0.2) is 53.3 Å². The summed E-state index contributed by atoms with van der Waals surface area (Å²) in [6.45, 7) is 8.93. The summed E-state index contributed by atoms with van der Waals surface area (Å²) in [6.07, 6.45) is 14.0. The topological polar surface area (TPSA) is 46.5 Å². The Morgan fingerprint density at radius 3 is 2.74 bits per heavy atom. The molecule has 0 bridgehead atoms. The van der Waals surface area contributed by atoms with E-state index in [-0.39, 0.29) is 5.41 Å². The van der Waals surface area contributed by atoms with E-state index in [1.807, 2.05) is 6.26 Å². The summed E-state index contributed by atoms with van der Waals surface area (Å²) >= 11 is 4.01. The third-order valence-corrected chi connectivity index (χ3v) is 8.49. The molecule has 0 radical (unpaired) electrons. The highest BCUT2D eigenvalue weighted by atomic mass is 79.9. The Kier molecular flexibility index (Phi) is 7.85. The van der Waals surface area contributed by atoms with Crippen LogP contribution in [0.25, 0.3) is 0 Å². The fourth-order valence-corrected chi connectivity index (χ4v) is 5.72. The third kappa shape index (κ3) is 5.71. The molecule has 2 aliphatic rings. The van der Waals surface area contributed by atoms with Crippen LogP contribution < -0.4 is 4.74 Å². The van der Waals surface area contributed by atoms with Crippen LogP contribution in [-0.4, -0.2) is 15.9 Å². The highest BCUT2D eigenvalue weighted by Gasteiger charge is 2.45. The summed E-state index contributed by atoms with van der Waals surface area (Å²) in [5, 5.41) is 9.42. The molecule has 0 spiro atoms. The van der Waals surface area contributed by atoms with Crippen LogP contribution in [0.1, 0.15) is 82.1 Å². The molecule has 3 atom stereocenters. The van der Waals surface area contributed by atoms with Crippen LogP contribution in [0, 0.1) is 11.3 Å². The molecule has 0 saturated heterocycles. The van der Waals surface area contributed by atoms with Gasteiger partial charge in [-0.1, -0.05) is 46.2 Å². The number of allylic oxidation sites excluding steroid dienone is 5. The summed E-state index contributed by atoms with van der Waals surface area (Å²) in [5.41, 5.74) is 5.61. The third-order valence-electron chi connectivity index (χ3n) is 6.98. The second-order valence-corrected chi connectivity index (χ2v) is 10.7. The van der Waals surface area contributed by atoms with Crippen LogP contribution in [0.4, 0.5) is 0 Å². The number of carboxylic acid groups (broad SMARTS) is 1. The number of alkyl halides is 1. The number of carbonyl (C=O) groups is 1. The first-order chi connectivity index (χ1) is 14.7. The van der Waals surface area contributed by atoms with E-state index in [4.69, 9.17) is 4.74 Å². The van der Waals surface area contributed by atoms with Crippen LogP contribution >= 0.6 is 15.9 Å². The fourth-order valence-electron chi connectivity index (χ4n) is 4.94. The SMILES string of the molecule is CC(C)=CCCC(C)=CCC[C@@]1(C)[C@@H]2Cc3cc(C(=O)O)ccc3OC=C2CC[C@@H]1Br. The molecule has 1 aliphatic carbocycles. The molecule has 3 nitrogen and oxygen atoms in total. The monoisotopic (exact) mass is 486 g/mol. The number of hydrogen-bond acceptors (Lipinski definition) is 2. The number of rotatable bonds is 7. The van der Waals surface area contributed by atoms with E-state index in [9.17, 15) is 9.90 Å². The molecule has 1 aliphatic heterocycles. The first-order valence-electron chi connectivity index (χ1n) is 11.4. The van der Waals surface area contributed by atoms with Crippen molar-refractivity contribution in [1.82, 2.24) is 0 Å². The van der Waals surface area contributed by atoms with Gasteiger partial charge in [0.25, 0.3) is 0 Å². The minimum Gasteiger partial charge on any atom is -0.478 e. The maximum atomic E-state index is 11.5. The van der Waals surface area contributed by atoms with Crippen LogP contribution in [0.3, 0.4) is 0 Å². The molecule has 0 aromatic heterocycles. The molecule has 1 aromatic rings. The first kappa shape index (κ1) is 23.8. The smallest absolute Gasteiger partial charge is 0.335 e. The van der Waals surface area contributed by atoms with E-state index in [0.717, 1.165) is 56.3 Å². The van der Waals surface area contributed by atoms with Crippen molar-refractivity contribution < 1.29 is 14.6 Å². The number of benzene rings is 1. The Hall–Kier alpha value is -1.81.